The smallest absolute Gasteiger partial charge is 0.0453 e. The molecule has 0 radical (unpaired) electrons. The second-order valence-corrected chi connectivity index (χ2v) is 6.69. The van der Waals surface area contributed by atoms with E-state index in [1.165, 1.54) is 5.56 Å². The summed E-state index contributed by atoms with van der Waals surface area (Å²) in [6, 6.07) is 14.1. The molecular formula is C17H18BrCl2N. The average molecular weight is 387 g/mol. The SMILES string of the molecule is CCNCC(Cc1c(Cl)cccc1Cl)c1ccc(Br)cc1. The zero-order valence-electron chi connectivity index (χ0n) is 11.9. The van der Waals surface area contributed by atoms with E-state index in [9.17, 15) is 0 Å². The highest BCUT2D eigenvalue weighted by atomic mass is 79.9. The van der Waals surface area contributed by atoms with Crippen molar-refractivity contribution in [2.24, 2.45) is 0 Å². The number of benzene rings is 2. The first-order valence-corrected chi connectivity index (χ1v) is 8.55. The highest BCUT2D eigenvalue weighted by molar-refractivity contribution is 9.10. The summed E-state index contributed by atoms with van der Waals surface area (Å²) in [6.07, 6.45) is 0.827. The Bertz CT molecular complexity index is 564. The van der Waals surface area contributed by atoms with Gasteiger partial charge in [0, 0.05) is 27.0 Å². The van der Waals surface area contributed by atoms with E-state index >= 15 is 0 Å². The molecule has 1 N–H and O–H groups in total. The van der Waals surface area contributed by atoms with Crippen LogP contribution in [0.5, 0.6) is 0 Å². The van der Waals surface area contributed by atoms with Crippen LogP contribution in [0.2, 0.25) is 10.0 Å². The van der Waals surface area contributed by atoms with Gasteiger partial charge in [0.05, 0.1) is 0 Å². The summed E-state index contributed by atoms with van der Waals surface area (Å²) in [5.41, 5.74) is 2.31. The topological polar surface area (TPSA) is 12.0 Å². The van der Waals surface area contributed by atoms with Gasteiger partial charge in [-0.15, -0.1) is 0 Å². The Hall–Kier alpha value is -0.540. The van der Waals surface area contributed by atoms with Gasteiger partial charge in [0.1, 0.15) is 0 Å². The maximum atomic E-state index is 6.31. The lowest BCUT2D eigenvalue weighted by Gasteiger charge is -2.19. The predicted molar refractivity (Wildman–Crippen MR) is 95.6 cm³/mol. The molecule has 0 heterocycles. The molecule has 112 valence electrons. The molecule has 21 heavy (non-hydrogen) atoms. The molecular weight excluding hydrogens is 369 g/mol. The van der Waals surface area contributed by atoms with E-state index in [0.717, 1.165) is 39.6 Å². The van der Waals surface area contributed by atoms with Gasteiger partial charge >= 0.3 is 0 Å². The van der Waals surface area contributed by atoms with Crippen molar-refractivity contribution in [3.63, 3.8) is 0 Å². The lowest BCUT2D eigenvalue weighted by molar-refractivity contribution is 0.595. The van der Waals surface area contributed by atoms with Gasteiger partial charge in [0.15, 0.2) is 0 Å². The standard InChI is InChI=1S/C17H18BrCl2N/c1-2-21-11-13(12-6-8-14(18)9-7-12)10-15-16(19)4-3-5-17(15)20/h3-9,13,21H,2,10-11H2,1H3. The molecule has 0 aliphatic carbocycles. The third-order valence-corrected chi connectivity index (χ3v) is 4.73. The summed E-state index contributed by atoms with van der Waals surface area (Å²) in [5, 5.41) is 4.90. The van der Waals surface area contributed by atoms with Crippen LogP contribution in [0.15, 0.2) is 46.9 Å². The monoisotopic (exact) mass is 385 g/mol. The maximum Gasteiger partial charge on any atom is 0.0453 e. The van der Waals surface area contributed by atoms with E-state index in [1.807, 2.05) is 18.2 Å². The third kappa shape index (κ3) is 4.72. The van der Waals surface area contributed by atoms with Crippen LogP contribution >= 0.6 is 39.1 Å². The minimum atomic E-state index is 0.343. The maximum absolute atomic E-state index is 6.31. The van der Waals surface area contributed by atoms with Crippen LogP contribution in [0.25, 0.3) is 0 Å². The predicted octanol–water partition coefficient (Wildman–Crippen LogP) is 5.69. The van der Waals surface area contributed by atoms with Crippen LogP contribution in [-0.2, 0) is 6.42 Å². The second-order valence-electron chi connectivity index (χ2n) is 4.96. The fourth-order valence-corrected chi connectivity index (χ4v) is 3.15. The van der Waals surface area contributed by atoms with Gasteiger partial charge < -0.3 is 5.32 Å². The lowest BCUT2D eigenvalue weighted by Crippen LogP contribution is -2.22. The number of likely N-dealkylation sites (N-methyl/N-ethyl adjacent to an activating group) is 1. The zero-order chi connectivity index (χ0) is 15.2. The fourth-order valence-electron chi connectivity index (χ4n) is 2.34. The summed E-state index contributed by atoms with van der Waals surface area (Å²) in [4.78, 5) is 0. The van der Waals surface area contributed by atoms with Gasteiger partial charge in [-0.3, -0.25) is 0 Å². The number of hydrogen-bond donors (Lipinski definition) is 1. The number of hydrogen-bond acceptors (Lipinski definition) is 1. The van der Waals surface area contributed by atoms with E-state index in [4.69, 9.17) is 23.2 Å². The highest BCUT2D eigenvalue weighted by Gasteiger charge is 2.16. The molecule has 0 spiro atoms. The lowest BCUT2D eigenvalue weighted by atomic mass is 9.92. The van der Waals surface area contributed by atoms with Crippen molar-refractivity contribution in [2.75, 3.05) is 13.1 Å². The normalized spacial score (nSPS) is 12.4. The molecule has 0 aromatic heterocycles. The minimum absolute atomic E-state index is 0.343. The van der Waals surface area contributed by atoms with Crippen molar-refractivity contribution in [3.8, 4) is 0 Å². The molecule has 0 aliphatic rings. The third-order valence-electron chi connectivity index (χ3n) is 3.49. The Morgan fingerprint density at radius 2 is 1.67 bits per heavy atom. The first-order valence-electron chi connectivity index (χ1n) is 7.01. The fraction of sp³-hybridized carbons (Fsp3) is 0.294. The summed E-state index contributed by atoms with van der Waals surface area (Å²) in [6.45, 7) is 3.96. The van der Waals surface area contributed by atoms with Crippen molar-refractivity contribution in [1.82, 2.24) is 5.32 Å². The van der Waals surface area contributed by atoms with Crippen LogP contribution in [0, 0.1) is 0 Å². The number of rotatable bonds is 6. The van der Waals surface area contributed by atoms with Crippen molar-refractivity contribution in [1.29, 1.82) is 0 Å². The van der Waals surface area contributed by atoms with Crippen LogP contribution in [0.4, 0.5) is 0 Å². The highest BCUT2D eigenvalue weighted by Crippen LogP contribution is 2.30. The van der Waals surface area contributed by atoms with E-state index in [0.29, 0.717) is 5.92 Å². The Balaban J connectivity index is 2.26. The average Bonchev–Trinajstić information content (AvgIpc) is 2.47. The van der Waals surface area contributed by atoms with E-state index < -0.39 is 0 Å². The molecule has 1 nitrogen and oxygen atoms in total. The van der Waals surface area contributed by atoms with Gasteiger partial charge in [-0.2, -0.15) is 0 Å². The molecule has 2 aromatic carbocycles. The van der Waals surface area contributed by atoms with Crippen molar-refractivity contribution < 1.29 is 0 Å². The first kappa shape index (κ1) is 16.8. The summed E-state index contributed by atoms with van der Waals surface area (Å²) < 4.78 is 1.09. The van der Waals surface area contributed by atoms with Gasteiger partial charge in [-0.05, 0) is 48.4 Å². The minimum Gasteiger partial charge on any atom is -0.316 e. The molecule has 0 fully saturated rings. The van der Waals surface area contributed by atoms with Crippen LogP contribution in [0.3, 0.4) is 0 Å². The molecule has 2 rings (SSSR count). The van der Waals surface area contributed by atoms with Crippen molar-refractivity contribution >= 4 is 39.1 Å². The Kier molecular flexibility index (Phi) is 6.56. The van der Waals surface area contributed by atoms with Crippen molar-refractivity contribution in [2.45, 2.75) is 19.3 Å². The van der Waals surface area contributed by atoms with E-state index in [2.05, 4.69) is 52.4 Å². The van der Waals surface area contributed by atoms with Gasteiger partial charge in [-0.1, -0.05) is 64.3 Å². The molecule has 0 bridgehead atoms. The quantitative estimate of drug-likeness (QED) is 0.672. The number of nitrogens with one attached hydrogen (secondary N) is 1. The van der Waals surface area contributed by atoms with Gasteiger partial charge in [0.2, 0.25) is 0 Å². The number of halogens is 3. The molecule has 4 heteroatoms. The summed E-state index contributed by atoms with van der Waals surface area (Å²) >= 11 is 16.1. The van der Waals surface area contributed by atoms with Crippen LogP contribution < -0.4 is 5.32 Å². The van der Waals surface area contributed by atoms with Gasteiger partial charge in [-0.25, -0.2) is 0 Å². The van der Waals surface area contributed by atoms with Gasteiger partial charge in [0.25, 0.3) is 0 Å². The molecule has 0 aliphatic heterocycles. The second kappa shape index (κ2) is 8.19. The summed E-state index contributed by atoms with van der Waals surface area (Å²) in [5.74, 6) is 0.343. The Labute approximate surface area is 144 Å². The molecule has 1 unspecified atom stereocenters. The molecule has 0 amide bonds. The molecule has 0 saturated carbocycles. The van der Waals surface area contributed by atoms with E-state index in [-0.39, 0.29) is 0 Å². The molecule has 1 atom stereocenters. The van der Waals surface area contributed by atoms with E-state index in [1.54, 1.807) is 0 Å². The van der Waals surface area contributed by atoms with Crippen LogP contribution in [0.1, 0.15) is 24.0 Å². The Morgan fingerprint density at radius 3 is 2.24 bits per heavy atom. The molecule has 2 aromatic rings. The van der Waals surface area contributed by atoms with Crippen molar-refractivity contribution in [3.05, 3.63) is 68.1 Å². The van der Waals surface area contributed by atoms with Crippen LogP contribution in [-0.4, -0.2) is 13.1 Å². The Morgan fingerprint density at radius 1 is 1.05 bits per heavy atom. The zero-order valence-corrected chi connectivity index (χ0v) is 15.0. The largest absolute Gasteiger partial charge is 0.316 e. The first-order chi connectivity index (χ1) is 10.1. The summed E-state index contributed by atoms with van der Waals surface area (Å²) in [7, 11) is 0. The molecule has 0 saturated heterocycles.